The summed E-state index contributed by atoms with van der Waals surface area (Å²) in [6, 6.07) is 6.79. The van der Waals surface area contributed by atoms with Crippen molar-refractivity contribution in [2.24, 2.45) is 0 Å². The van der Waals surface area contributed by atoms with E-state index < -0.39 is 0 Å². The fourth-order valence-corrected chi connectivity index (χ4v) is 4.41. The minimum atomic E-state index is -0.190. The maximum Gasteiger partial charge on any atom is 0.262 e. The first-order valence-electron chi connectivity index (χ1n) is 8.01. The van der Waals surface area contributed by atoms with Crippen molar-refractivity contribution in [1.82, 2.24) is 9.55 Å². The number of ketones is 1. The molecule has 0 fully saturated rings. The molecule has 128 valence electrons. The number of thiophene rings is 1. The van der Waals surface area contributed by atoms with Gasteiger partial charge in [0.1, 0.15) is 17.2 Å². The number of aryl methyl sites for hydroxylation is 2. The molecule has 0 amide bonds. The standard InChI is InChI=1S/C18H15ClN2O3S/c19-11-4-6-13(7-5-11)24-9-12(22)8-21-10-20-17-16(18(21)23)14-2-1-3-15(14)25-17/h4-7,10H,1-3,8-9H2. The third kappa shape index (κ3) is 3.19. The van der Waals surface area contributed by atoms with E-state index in [9.17, 15) is 9.59 Å². The monoisotopic (exact) mass is 374 g/mol. The zero-order valence-corrected chi connectivity index (χ0v) is 14.9. The highest BCUT2D eigenvalue weighted by molar-refractivity contribution is 7.18. The van der Waals surface area contributed by atoms with Crippen LogP contribution in [0.2, 0.25) is 5.02 Å². The van der Waals surface area contributed by atoms with Crippen LogP contribution in [0.25, 0.3) is 10.2 Å². The van der Waals surface area contributed by atoms with Crippen molar-refractivity contribution < 1.29 is 9.53 Å². The average molecular weight is 375 g/mol. The number of rotatable bonds is 5. The van der Waals surface area contributed by atoms with E-state index in [1.807, 2.05) is 0 Å². The lowest BCUT2D eigenvalue weighted by Gasteiger charge is -2.07. The fraction of sp³-hybridized carbons (Fsp3) is 0.278. The van der Waals surface area contributed by atoms with Crippen LogP contribution in [0.4, 0.5) is 0 Å². The number of nitrogens with zero attached hydrogens (tertiary/aromatic N) is 2. The second-order valence-electron chi connectivity index (χ2n) is 6.00. The molecule has 0 N–H and O–H groups in total. The third-order valence-electron chi connectivity index (χ3n) is 4.25. The molecule has 0 aliphatic heterocycles. The molecule has 4 rings (SSSR count). The molecule has 7 heteroatoms. The van der Waals surface area contributed by atoms with Gasteiger partial charge in [0.2, 0.25) is 0 Å². The van der Waals surface area contributed by atoms with Gasteiger partial charge in [0, 0.05) is 9.90 Å². The summed E-state index contributed by atoms with van der Waals surface area (Å²) in [6.45, 7) is -0.145. The number of hydrogen-bond acceptors (Lipinski definition) is 5. The number of Topliss-reactive ketones (excluding diaryl/α,β-unsaturated/α-hetero) is 1. The molecule has 0 radical (unpaired) electrons. The van der Waals surface area contributed by atoms with Gasteiger partial charge in [0.05, 0.1) is 18.3 Å². The van der Waals surface area contributed by atoms with Gasteiger partial charge in [-0.15, -0.1) is 11.3 Å². The van der Waals surface area contributed by atoms with Crippen LogP contribution in [-0.2, 0) is 24.2 Å². The summed E-state index contributed by atoms with van der Waals surface area (Å²) in [6.07, 6.45) is 4.48. The molecular formula is C18H15ClN2O3S. The Labute approximate surface area is 152 Å². The van der Waals surface area contributed by atoms with Gasteiger partial charge in [-0.2, -0.15) is 0 Å². The summed E-state index contributed by atoms with van der Waals surface area (Å²) in [5.41, 5.74) is 0.987. The van der Waals surface area contributed by atoms with Gasteiger partial charge < -0.3 is 4.74 Å². The van der Waals surface area contributed by atoms with E-state index in [0.717, 1.165) is 29.7 Å². The first kappa shape index (κ1) is 16.3. The van der Waals surface area contributed by atoms with Crippen molar-refractivity contribution in [1.29, 1.82) is 0 Å². The highest BCUT2D eigenvalue weighted by Gasteiger charge is 2.21. The number of fused-ring (bicyclic) bond motifs is 3. The number of aromatic nitrogens is 2. The Morgan fingerprint density at radius 2 is 2.08 bits per heavy atom. The van der Waals surface area contributed by atoms with Crippen LogP contribution >= 0.6 is 22.9 Å². The summed E-state index contributed by atoms with van der Waals surface area (Å²) in [7, 11) is 0. The normalized spacial score (nSPS) is 13.2. The quantitative estimate of drug-likeness (QED) is 0.687. The molecule has 1 aliphatic rings. The van der Waals surface area contributed by atoms with E-state index in [0.29, 0.717) is 16.2 Å². The molecule has 1 aromatic carbocycles. The second-order valence-corrected chi connectivity index (χ2v) is 7.52. The van der Waals surface area contributed by atoms with Crippen molar-refractivity contribution >= 4 is 38.9 Å². The Balaban J connectivity index is 1.50. The van der Waals surface area contributed by atoms with Crippen molar-refractivity contribution in [3.05, 3.63) is 56.4 Å². The molecule has 25 heavy (non-hydrogen) atoms. The van der Waals surface area contributed by atoms with Crippen LogP contribution < -0.4 is 10.3 Å². The summed E-state index contributed by atoms with van der Waals surface area (Å²) in [4.78, 5) is 31.3. The molecule has 2 aromatic heterocycles. The van der Waals surface area contributed by atoms with Gasteiger partial charge >= 0.3 is 0 Å². The minimum absolute atomic E-state index is 0.0417. The van der Waals surface area contributed by atoms with E-state index in [1.165, 1.54) is 15.8 Å². The van der Waals surface area contributed by atoms with Gasteiger partial charge in [-0.25, -0.2) is 4.98 Å². The maximum absolute atomic E-state index is 12.7. The highest BCUT2D eigenvalue weighted by atomic mass is 35.5. The van der Waals surface area contributed by atoms with Gasteiger partial charge in [-0.1, -0.05) is 11.6 Å². The van der Waals surface area contributed by atoms with Crippen LogP contribution in [0.1, 0.15) is 16.9 Å². The van der Waals surface area contributed by atoms with E-state index in [1.54, 1.807) is 35.6 Å². The first-order valence-corrected chi connectivity index (χ1v) is 9.21. The van der Waals surface area contributed by atoms with Crippen molar-refractivity contribution in [2.45, 2.75) is 25.8 Å². The van der Waals surface area contributed by atoms with Gasteiger partial charge in [0.25, 0.3) is 5.56 Å². The molecule has 2 heterocycles. The number of carbonyl (C=O) groups is 1. The van der Waals surface area contributed by atoms with Crippen LogP contribution in [0.15, 0.2) is 35.4 Å². The maximum atomic E-state index is 12.7. The zero-order chi connectivity index (χ0) is 17.4. The molecule has 0 spiro atoms. The Hall–Kier alpha value is -2.18. The van der Waals surface area contributed by atoms with Gasteiger partial charge in [-0.3, -0.25) is 14.2 Å². The predicted octanol–water partition coefficient (Wildman–Crippen LogP) is 3.25. The molecular weight excluding hydrogens is 360 g/mol. The van der Waals surface area contributed by atoms with Crippen molar-refractivity contribution in [3.63, 3.8) is 0 Å². The molecule has 0 unspecified atom stereocenters. The molecule has 0 saturated carbocycles. The largest absolute Gasteiger partial charge is 0.486 e. The number of halogens is 1. The molecule has 5 nitrogen and oxygen atoms in total. The fourth-order valence-electron chi connectivity index (χ4n) is 3.06. The van der Waals surface area contributed by atoms with Gasteiger partial charge in [-0.05, 0) is 49.1 Å². The lowest BCUT2D eigenvalue weighted by molar-refractivity contribution is -0.121. The molecule has 0 bridgehead atoms. The van der Waals surface area contributed by atoms with E-state index in [2.05, 4.69) is 4.98 Å². The van der Waals surface area contributed by atoms with Crippen LogP contribution in [0.3, 0.4) is 0 Å². The summed E-state index contributed by atoms with van der Waals surface area (Å²) in [5.74, 6) is 0.374. The summed E-state index contributed by atoms with van der Waals surface area (Å²) < 4.78 is 6.82. The van der Waals surface area contributed by atoms with Crippen molar-refractivity contribution in [3.8, 4) is 5.75 Å². The average Bonchev–Trinajstić information content (AvgIpc) is 3.18. The smallest absolute Gasteiger partial charge is 0.262 e. The Morgan fingerprint density at radius 3 is 2.88 bits per heavy atom. The van der Waals surface area contributed by atoms with E-state index >= 15 is 0 Å². The zero-order valence-electron chi connectivity index (χ0n) is 13.3. The predicted molar refractivity (Wildman–Crippen MR) is 97.9 cm³/mol. The first-order chi connectivity index (χ1) is 12.1. The van der Waals surface area contributed by atoms with Crippen LogP contribution in [0.5, 0.6) is 5.75 Å². The SMILES string of the molecule is O=C(COc1ccc(Cl)cc1)Cn1cnc2sc3c(c2c1=O)CCC3. The highest BCUT2D eigenvalue weighted by Crippen LogP contribution is 2.34. The van der Waals surface area contributed by atoms with Crippen LogP contribution in [0, 0.1) is 0 Å². The number of hydrogen-bond donors (Lipinski definition) is 0. The molecule has 0 atom stereocenters. The molecule has 3 aromatic rings. The molecule has 0 saturated heterocycles. The Bertz CT molecular complexity index is 1010. The van der Waals surface area contributed by atoms with Crippen molar-refractivity contribution in [2.75, 3.05) is 6.61 Å². The lowest BCUT2D eigenvalue weighted by Crippen LogP contribution is -2.27. The Morgan fingerprint density at radius 1 is 1.28 bits per heavy atom. The number of carbonyl (C=O) groups excluding carboxylic acids is 1. The third-order valence-corrected chi connectivity index (χ3v) is 5.70. The summed E-state index contributed by atoms with van der Waals surface area (Å²) in [5, 5.41) is 1.29. The second kappa shape index (κ2) is 6.61. The Kier molecular flexibility index (Phi) is 4.31. The van der Waals surface area contributed by atoms with E-state index in [4.69, 9.17) is 16.3 Å². The number of ether oxygens (including phenoxy) is 1. The number of benzene rings is 1. The van der Waals surface area contributed by atoms with Gasteiger partial charge in [0.15, 0.2) is 5.78 Å². The minimum Gasteiger partial charge on any atom is -0.486 e. The topological polar surface area (TPSA) is 61.2 Å². The summed E-state index contributed by atoms with van der Waals surface area (Å²) >= 11 is 7.40. The van der Waals surface area contributed by atoms with Crippen LogP contribution in [-0.4, -0.2) is 21.9 Å². The lowest BCUT2D eigenvalue weighted by atomic mass is 10.2. The molecule has 1 aliphatic carbocycles. The van der Waals surface area contributed by atoms with E-state index in [-0.39, 0.29) is 24.5 Å².